The molecule has 3 aromatic rings. The van der Waals surface area contributed by atoms with Gasteiger partial charge in [0.2, 0.25) is 0 Å². The van der Waals surface area contributed by atoms with Crippen LogP contribution in [-0.4, -0.2) is 10.1 Å². The first-order valence-corrected chi connectivity index (χ1v) is 5.47. The first-order chi connectivity index (χ1) is 8.36. The van der Waals surface area contributed by atoms with Crippen molar-refractivity contribution in [1.29, 1.82) is 0 Å². The molecule has 0 saturated carbocycles. The third kappa shape index (κ3) is 1.64. The second kappa shape index (κ2) is 3.91. The molecule has 1 N–H and O–H groups in total. The Kier molecular flexibility index (Phi) is 2.26. The van der Waals surface area contributed by atoms with Gasteiger partial charge in [-0.2, -0.15) is 0 Å². The van der Waals surface area contributed by atoms with Crippen LogP contribution in [-0.2, 0) is 0 Å². The summed E-state index contributed by atoms with van der Waals surface area (Å²) in [6, 6.07) is 15.4. The van der Waals surface area contributed by atoms with Gasteiger partial charge in [-0.3, -0.25) is 4.98 Å². The number of hydrogen-bond donors (Lipinski definition) is 1. The standard InChI is InChI=1S/C15H11NO/c17-15-8-4-3-7-13(15)14-10-16-9-11-5-1-2-6-12(11)14/h1-10,17H. The van der Waals surface area contributed by atoms with E-state index >= 15 is 0 Å². The summed E-state index contributed by atoms with van der Waals surface area (Å²) in [5, 5.41) is 12.1. The first-order valence-electron chi connectivity index (χ1n) is 5.47. The van der Waals surface area contributed by atoms with Gasteiger partial charge in [0.15, 0.2) is 0 Å². The minimum absolute atomic E-state index is 0.283. The molecule has 17 heavy (non-hydrogen) atoms. The van der Waals surface area contributed by atoms with Crippen LogP contribution >= 0.6 is 0 Å². The third-order valence-electron chi connectivity index (χ3n) is 2.86. The quantitative estimate of drug-likeness (QED) is 0.681. The Bertz CT molecular complexity index is 671. The van der Waals surface area contributed by atoms with Crippen LogP contribution < -0.4 is 0 Å². The van der Waals surface area contributed by atoms with Gasteiger partial charge in [-0.05, 0) is 11.5 Å². The Balaban J connectivity index is 2.35. The van der Waals surface area contributed by atoms with Gasteiger partial charge in [-0.15, -0.1) is 0 Å². The summed E-state index contributed by atoms with van der Waals surface area (Å²) in [4.78, 5) is 4.22. The summed E-state index contributed by atoms with van der Waals surface area (Å²) in [7, 11) is 0. The van der Waals surface area contributed by atoms with Gasteiger partial charge in [0, 0.05) is 28.9 Å². The molecule has 0 fully saturated rings. The number of pyridine rings is 1. The van der Waals surface area contributed by atoms with Crippen molar-refractivity contribution in [1.82, 2.24) is 4.98 Å². The Morgan fingerprint density at radius 3 is 2.41 bits per heavy atom. The number of benzene rings is 2. The summed E-state index contributed by atoms with van der Waals surface area (Å²) in [6.45, 7) is 0. The lowest BCUT2D eigenvalue weighted by Gasteiger charge is -2.07. The van der Waals surface area contributed by atoms with Crippen LogP contribution in [0.2, 0.25) is 0 Å². The van der Waals surface area contributed by atoms with E-state index in [-0.39, 0.29) is 5.75 Å². The molecule has 82 valence electrons. The lowest BCUT2D eigenvalue weighted by Crippen LogP contribution is -1.84. The number of phenols is 1. The molecule has 0 bridgehead atoms. The normalized spacial score (nSPS) is 10.6. The van der Waals surface area contributed by atoms with Crippen molar-refractivity contribution in [3.05, 3.63) is 60.9 Å². The van der Waals surface area contributed by atoms with Gasteiger partial charge in [-0.25, -0.2) is 0 Å². The molecule has 0 radical (unpaired) electrons. The van der Waals surface area contributed by atoms with Crippen molar-refractivity contribution in [3.63, 3.8) is 0 Å². The summed E-state index contributed by atoms with van der Waals surface area (Å²) in [6.07, 6.45) is 3.62. The second-order valence-corrected chi connectivity index (χ2v) is 3.93. The number of fused-ring (bicyclic) bond motifs is 1. The molecule has 0 aliphatic rings. The van der Waals surface area contributed by atoms with Crippen LogP contribution in [0, 0.1) is 0 Å². The fraction of sp³-hybridized carbons (Fsp3) is 0. The largest absolute Gasteiger partial charge is 0.507 e. The topological polar surface area (TPSA) is 33.1 Å². The van der Waals surface area contributed by atoms with Crippen molar-refractivity contribution in [3.8, 4) is 16.9 Å². The maximum atomic E-state index is 9.90. The Morgan fingerprint density at radius 1 is 0.765 bits per heavy atom. The summed E-state index contributed by atoms with van der Waals surface area (Å²) in [5.74, 6) is 0.283. The second-order valence-electron chi connectivity index (χ2n) is 3.93. The average molecular weight is 221 g/mol. The van der Waals surface area contributed by atoms with Crippen molar-refractivity contribution in [2.75, 3.05) is 0 Å². The smallest absolute Gasteiger partial charge is 0.123 e. The van der Waals surface area contributed by atoms with Crippen molar-refractivity contribution < 1.29 is 5.11 Å². The van der Waals surface area contributed by atoms with Crippen LogP contribution in [0.4, 0.5) is 0 Å². The zero-order valence-electron chi connectivity index (χ0n) is 9.17. The fourth-order valence-corrected chi connectivity index (χ4v) is 2.03. The summed E-state index contributed by atoms with van der Waals surface area (Å²) in [5.41, 5.74) is 1.78. The van der Waals surface area contributed by atoms with E-state index in [9.17, 15) is 5.11 Å². The molecule has 0 aliphatic heterocycles. The highest BCUT2D eigenvalue weighted by molar-refractivity contribution is 5.96. The molecule has 1 heterocycles. The van der Waals surface area contributed by atoms with Gasteiger partial charge in [0.1, 0.15) is 5.75 Å². The summed E-state index contributed by atoms with van der Waals surface area (Å²) < 4.78 is 0. The van der Waals surface area contributed by atoms with Crippen LogP contribution in [0.1, 0.15) is 0 Å². The third-order valence-corrected chi connectivity index (χ3v) is 2.86. The predicted molar refractivity (Wildman–Crippen MR) is 68.8 cm³/mol. The van der Waals surface area contributed by atoms with Gasteiger partial charge in [0.25, 0.3) is 0 Å². The molecule has 0 spiro atoms. The van der Waals surface area contributed by atoms with Gasteiger partial charge in [0.05, 0.1) is 0 Å². The lowest BCUT2D eigenvalue weighted by atomic mass is 10.0. The van der Waals surface area contributed by atoms with Crippen LogP contribution in [0.3, 0.4) is 0 Å². The molecular formula is C15H11NO. The number of rotatable bonds is 1. The van der Waals surface area contributed by atoms with Crippen molar-refractivity contribution in [2.45, 2.75) is 0 Å². The van der Waals surface area contributed by atoms with Gasteiger partial charge >= 0.3 is 0 Å². The number of aromatic hydroxyl groups is 1. The molecule has 0 aliphatic carbocycles. The van der Waals surface area contributed by atoms with E-state index in [1.54, 1.807) is 12.3 Å². The molecular weight excluding hydrogens is 210 g/mol. The zero-order valence-corrected chi connectivity index (χ0v) is 9.17. The fourth-order valence-electron chi connectivity index (χ4n) is 2.03. The Morgan fingerprint density at radius 2 is 1.53 bits per heavy atom. The zero-order chi connectivity index (χ0) is 11.7. The van der Waals surface area contributed by atoms with Crippen molar-refractivity contribution in [2.24, 2.45) is 0 Å². The number of para-hydroxylation sites is 1. The van der Waals surface area contributed by atoms with Crippen molar-refractivity contribution >= 4 is 10.8 Å². The molecule has 3 rings (SSSR count). The number of nitrogens with zero attached hydrogens (tertiary/aromatic N) is 1. The van der Waals surface area contributed by atoms with E-state index in [1.165, 1.54) is 0 Å². The minimum Gasteiger partial charge on any atom is -0.507 e. The van der Waals surface area contributed by atoms with E-state index in [0.29, 0.717) is 0 Å². The highest BCUT2D eigenvalue weighted by Gasteiger charge is 2.07. The molecule has 2 nitrogen and oxygen atoms in total. The van der Waals surface area contributed by atoms with E-state index in [1.807, 2.05) is 48.7 Å². The van der Waals surface area contributed by atoms with Gasteiger partial charge < -0.3 is 5.11 Å². The molecule has 1 aromatic heterocycles. The molecule has 2 heteroatoms. The highest BCUT2D eigenvalue weighted by atomic mass is 16.3. The maximum Gasteiger partial charge on any atom is 0.123 e. The van der Waals surface area contributed by atoms with Crippen LogP contribution in [0.25, 0.3) is 21.9 Å². The lowest BCUT2D eigenvalue weighted by molar-refractivity contribution is 0.477. The van der Waals surface area contributed by atoms with E-state index in [2.05, 4.69) is 4.98 Å². The predicted octanol–water partition coefficient (Wildman–Crippen LogP) is 3.61. The number of phenolic OH excluding ortho intramolecular Hbond substituents is 1. The van der Waals surface area contributed by atoms with Crippen LogP contribution in [0.5, 0.6) is 5.75 Å². The Labute approximate surface area is 99.2 Å². The van der Waals surface area contributed by atoms with E-state index in [0.717, 1.165) is 21.9 Å². The van der Waals surface area contributed by atoms with Crippen LogP contribution in [0.15, 0.2) is 60.9 Å². The van der Waals surface area contributed by atoms with E-state index < -0.39 is 0 Å². The number of aromatic nitrogens is 1. The maximum absolute atomic E-state index is 9.90. The molecule has 0 atom stereocenters. The monoisotopic (exact) mass is 221 g/mol. The average Bonchev–Trinajstić information content (AvgIpc) is 2.39. The number of hydrogen-bond acceptors (Lipinski definition) is 2. The highest BCUT2D eigenvalue weighted by Crippen LogP contribution is 2.33. The van der Waals surface area contributed by atoms with E-state index in [4.69, 9.17) is 0 Å². The summed E-state index contributed by atoms with van der Waals surface area (Å²) >= 11 is 0. The first kappa shape index (κ1) is 9.85. The molecule has 0 saturated heterocycles. The van der Waals surface area contributed by atoms with Gasteiger partial charge in [-0.1, -0.05) is 42.5 Å². The minimum atomic E-state index is 0.283. The Hall–Kier alpha value is -2.35. The molecule has 2 aromatic carbocycles. The molecule has 0 unspecified atom stereocenters. The molecule has 0 amide bonds. The SMILES string of the molecule is Oc1ccccc1-c1cncc2ccccc12.